The average molecular weight is 309 g/mol. The lowest BCUT2D eigenvalue weighted by atomic mass is 8.96. The fourth-order valence-corrected chi connectivity index (χ4v) is 8.18. The molecule has 0 unspecified atom stereocenters. The summed E-state index contributed by atoms with van der Waals surface area (Å²) in [6.07, 6.45) is 2.55. The van der Waals surface area contributed by atoms with E-state index >= 15 is 0 Å². The summed E-state index contributed by atoms with van der Waals surface area (Å²) in [5, 5.41) is 8.80. The topological polar surface area (TPSA) is 65.5 Å². The van der Waals surface area contributed by atoms with Crippen LogP contribution in [0.4, 0.5) is 0 Å². The Balaban J connectivity index is 1.14. The van der Waals surface area contributed by atoms with Gasteiger partial charge in [0.2, 0.25) is 0 Å². The number of carbonyl (C=O) groups excluding carboxylic acids is 1. The van der Waals surface area contributed by atoms with Crippen molar-refractivity contribution >= 4 is 5.91 Å². The first-order chi connectivity index (χ1) is 11.3. The van der Waals surface area contributed by atoms with Gasteiger partial charge in [-0.3, -0.25) is 19.9 Å². The third-order valence-electron chi connectivity index (χ3n) is 8.66. The molecule has 7 aliphatic rings. The van der Waals surface area contributed by atoms with Crippen LogP contribution in [0.3, 0.4) is 0 Å². The highest BCUT2D eigenvalue weighted by atomic mass is 16.5. The van der Waals surface area contributed by atoms with E-state index in [2.05, 4.69) is 9.88 Å². The minimum Gasteiger partial charge on any atom is -0.298 e. The van der Waals surface area contributed by atoms with Crippen molar-refractivity contribution in [2.45, 2.75) is 13.0 Å². The highest BCUT2D eigenvalue weighted by Gasteiger charge is 3.03. The number of fused-ring (bicyclic) bond motifs is 1. The molecule has 0 bridgehead atoms. The third kappa shape index (κ3) is 0.965. The summed E-state index contributed by atoms with van der Waals surface area (Å²) >= 11 is 0. The standard InChI is InChI=1S/C18H19N3O2/c22-17(20-23)7-3-8-5-21(2-1-9(8)19-4-7)6-18-14-11-10-12(14)16(18)13(10)15(11)18/h3-4,10-16,23H,1-2,5-6H2,(H,20,22). The summed E-state index contributed by atoms with van der Waals surface area (Å²) in [4.78, 5) is 18.6. The van der Waals surface area contributed by atoms with Gasteiger partial charge in [-0.05, 0) is 58.5 Å². The maximum absolute atomic E-state index is 11.6. The lowest BCUT2D eigenvalue weighted by Crippen LogP contribution is -3.06. The quantitative estimate of drug-likeness (QED) is 0.644. The first kappa shape index (κ1) is 12.0. The predicted octanol–water partition coefficient (Wildman–Crippen LogP) is 0.927. The van der Waals surface area contributed by atoms with E-state index in [-0.39, 0.29) is 0 Å². The molecule has 6 fully saturated rings. The number of aromatic nitrogens is 1. The van der Waals surface area contributed by atoms with Crippen molar-refractivity contribution in [1.29, 1.82) is 0 Å². The molecule has 8 rings (SSSR count). The monoisotopic (exact) mass is 309 g/mol. The Kier molecular flexibility index (Phi) is 1.73. The zero-order valence-electron chi connectivity index (χ0n) is 12.8. The van der Waals surface area contributed by atoms with E-state index in [4.69, 9.17) is 5.21 Å². The Bertz CT molecular complexity index is 740. The number of carbonyl (C=O) groups is 1. The van der Waals surface area contributed by atoms with Crippen molar-refractivity contribution in [2.24, 2.45) is 46.8 Å². The van der Waals surface area contributed by atoms with Crippen LogP contribution in [0.2, 0.25) is 0 Å². The van der Waals surface area contributed by atoms with E-state index in [1.165, 1.54) is 12.5 Å². The number of hydrogen-bond acceptors (Lipinski definition) is 4. The van der Waals surface area contributed by atoms with Crippen molar-refractivity contribution in [2.75, 3.05) is 13.1 Å². The Morgan fingerprint density at radius 1 is 1.30 bits per heavy atom. The summed E-state index contributed by atoms with van der Waals surface area (Å²) in [5.41, 5.74) is 5.15. The van der Waals surface area contributed by atoms with Crippen LogP contribution in [0.1, 0.15) is 21.6 Å². The summed E-state index contributed by atoms with van der Waals surface area (Å²) in [7, 11) is 0. The number of hydroxylamine groups is 1. The molecular formula is C18H19N3O2. The van der Waals surface area contributed by atoms with Crippen LogP contribution in [0.5, 0.6) is 0 Å². The molecule has 0 aromatic carbocycles. The smallest absolute Gasteiger partial charge is 0.276 e. The second kappa shape index (κ2) is 3.33. The molecule has 1 amide bonds. The lowest BCUT2D eigenvalue weighted by molar-refractivity contribution is -0.615. The first-order valence-corrected chi connectivity index (χ1v) is 8.90. The normalized spacial score (nSPS) is 52.0. The van der Waals surface area contributed by atoms with Crippen LogP contribution in [0, 0.1) is 46.8 Å². The van der Waals surface area contributed by atoms with Crippen molar-refractivity contribution in [1.82, 2.24) is 15.4 Å². The fraction of sp³-hybridized carbons (Fsp3) is 0.667. The minimum absolute atomic E-state index is 0.449. The van der Waals surface area contributed by atoms with Crippen molar-refractivity contribution in [3.8, 4) is 0 Å². The molecule has 5 nitrogen and oxygen atoms in total. The predicted molar refractivity (Wildman–Crippen MR) is 79.3 cm³/mol. The maximum Gasteiger partial charge on any atom is 0.276 e. The van der Waals surface area contributed by atoms with Gasteiger partial charge in [-0.15, -0.1) is 0 Å². The zero-order chi connectivity index (χ0) is 15.1. The summed E-state index contributed by atoms with van der Waals surface area (Å²) in [6.45, 7) is 3.29. The number of hydrogen-bond donors (Lipinski definition) is 2. The molecule has 1 aliphatic heterocycles. The van der Waals surface area contributed by atoms with E-state index in [0.717, 1.165) is 71.7 Å². The summed E-state index contributed by atoms with van der Waals surface area (Å²) in [6, 6.07) is 1.90. The largest absolute Gasteiger partial charge is 0.298 e. The molecule has 0 spiro atoms. The molecular weight excluding hydrogens is 290 g/mol. The van der Waals surface area contributed by atoms with Crippen LogP contribution >= 0.6 is 0 Å². The first-order valence-electron chi connectivity index (χ1n) is 8.90. The second-order valence-electron chi connectivity index (χ2n) is 8.73. The number of nitrogens with zero attached hydrogens (tertiary/aromatic N) is 2. The van der Waals surface area contributed by atoms with Gasteiger partial charge in [0.05, 0.1) is 5.56 Å². The Morgan fingerprint density at radius 2 is 2.04 bits per heavy atom. The number of rotatable bonds is 3. The van der Waals surface area contributed by atoms with Gasteiger partial charge in [0.1, 0.15) is 0 Å². The van der Waals surface area contributed by atoms with Crippen molar-refractivity contribution in [3.05, 3.63) is 29.1 Å². The fourth-order valence-electron chi connectivity index (χ4n) is 8.18. The molecule has 1 aromatic rings. The molecule has 2 N–H and O–H groups in total. The van der Waals surface area contributed by atoms with E-state index in [1.54, 1.807) is 11.7 Å². The molecule has 6 aliphatic carbocycles. The van der Waals surface area contributed by atoms with E-state index in [1.807, 2.05) is 6.07 Å². The van der Waals surface area contributed by atoms with Crippen LogP contribution in [-0.4, -0.2) is 34.1 Å². The van der Waals surface area contributed by atoms with Crippen molar-refractivity contribution in [3.63, 3.8) is 0 Å². The van der Waals surface area contributed by atoms with Gasteiger partial charge in [-0.25, -0.2) is 5.48 Å². The van der Waals surface area contributed by atoms with Gasteiger partial charge in [-0.2, -0.15) is 0 Å². The summed E-state index contributed by atoms with van der Waals surface area (Å²) < 4.78 is 0. The minimum atomic E-state index is -0.473. The van der Waals surface area contributed by atoms with Gasteiger partial charge in [0.25, 0.3) is 5.91 Å². The highest BCUT2D eigenvalue weighted by molar-refractivity contribution is 5.93. The number of pyridine rings is 1. The maximum atomic E-state index is 11.6. The van der Waals surface area contributed by atoms with Crippen LogP contribution in [0.25, 0.3) is 0 Å². The third-order valence-corrected chi connectivity index (χ3v) is 8.66. The van der Waals surface area contributed by atoms with Crippen LogP contribution in [-0.2, 0) is 13.0 Å². The Morgan fingerprint density at radius 3 is 2.74 bits per heavy atom. The molecule has 1 aromatic heterocycles. The van der Waals surface area contributed by atoms with Gasteiger partial charge in [0, 0.05) is 37.9 Å². The zero-order valence-corrected chi connectivity index (χ0v) is 12.8. The number of amides is 1. The van der Waals surface area contributed by atoms with Crippen molar-refractivity contribution < 1.29 is 10.0 Å². The van der Waals surface area contributed by atoms with Gasteiger partial charge >= 0.3 is 0 Å². The van der Waals surface area contributed by atoms with Crippen LogP contribution < -0.4 is 5.48 Å². The molecule has 118 valence electrons. The molecule has 0 atom stereocenters. The SMILES string of the molecule is O=C(NO)c1cnc2c(c1)CN(CC13C4C5C6C4C1C6C53)CC2. The van der Waals surface area contributed by atoms with Gasteiger partial charge in [-0.1, -0.05) is 0 Å². The Hall–Kier alpha value is -1.46. The Labute approximate surface area is 134 Å². The molecule has 23 heavy (non-hydrogen) atoms. The lowest BCUT2D eigenvalue weighted by Gasteiger charge is -3.08. The van der Waals surface area contributed by atoms with Gasteiger partial charge in [0.15, 0.2) is 0 Å². The molecule has 2 heterocycles. The van der Waals surface area contributed by atoms with E-state index in [0.29, 0.717) is 5.56 Å². The molecule has 6 saturated carbocycles. The second-order valence-corrected chi connectivity index (χ2v) is 8.73. The van der Waals surface area contributed by atoms with E-state index < -0.39 is 5.91 Å². The average Bonchev–Trinajstić information content (AvgIpc) is 2.60. The molecule has 5 heteroatoms. The molecule has 0 radical (unpaired) electrons. The molecule has 0 saturated heterocycles. The highest BCUT2D eigenvalue weighted by Crippen LogP contribution is 3.05. The van der Waals surface area contributed by atoms with Gasteiger partial charge < -0.3 is 0 Å². The van der Waals surface area contributed by atoms with Crippen LogP contribution in [0.15, 0.2) is 12.3 Å². The number of nitrogens with one attached hydrogen (secondary N) is 1. The summed E-state index contributed by atoms with van der Waals surface area (Å²) in [5.74, 6) is 7.44. The van der Waals surface area contributed by atoms with E-state index in [9.17, 15) is 4.79 Å².